The predicted molar refractivity (Wildman–Crippen MR) is 127 cm³/mol. The molecule has 0 aromatic rings. The molecule has 0 aromatic carbocycles. The molecule has 0 aromatic heterocycles. The van der Waals surface area contributed by atoms with Gasteiger partial charge in [0.1, 0.15) is 6.04 Å². The van der Waals surface area contributed by atoms with Gasteiger partial charge in [-0.3, -0.25) is 19.2 Å². The zero-order valence-electron chi connectivity index (χ0n) is 19.9. The molecule has 0 bridgehead atoms. The molecule has 33 heavy (non-hydrogen) atoms. The van der Waals surface area contributed by atoms with Gasteiger partial charge in [-0.15, -0.1) is 0 Å². The van der Waals surface area contributed by atoms with E-state index in [0.717, 1.165) is 25.7 Å². The van der Waals surface area contributed by atoms with Gasteiger partial charge >= 0.3 is 5.97 Å². The number of nitrogens with two attached hydrogens (primary N) is 3. The van der Waals surface area contributed by atoms with Crippen molar-refractivity contribution in [1.29, 1.82) is 0 Å². The Labute approximate surface area is 197 Å². The number of carboxylic acid groups (broad SMARTS) is 1. The lowest BCUT2D eigenvalue weighted by Gasteiger charge is -2.14. The van der Waals surface area contributed by atoms with Crippen LogP contribution in [0.15, 0.2) is 0 Å². The molecule has 0 aliphatic heterocycles. The minimum Gasteiger partial charge on any atom is -0.480 e. The zero-order valence-corrected chi connectivity index (χ0v) is 19.9. The number of hydrogen-bond acceptors (Lipinski definition) is 7. The van der Waals surface area contributed by atoms with E-state index in [-0.39, 0.29) is 30.6 Å². The van der Waals surface area contributed by atoms with E-state index >= 15 is 0 Å². The second-order valence-corrected chi connectivity index (χ2v) is 8.33. The van der Waals surface area contributed by atoms with Crippen LogP contribution in [-0.4, -0.2) is 66.6 Å². The number of carbonyl (C=O) groups excluding carboxylic acids is 3. The van der Waals surface area contributed by atoms with E-state index in [2.05, 4.69) is 22.9 Å². The molecule has 3 atom stereocenters. The summed E-state index contributed by atoms with van der Waals surface area (Å²) in [6, 6.07) is -2.19. The minimum atomic E-state index is -1.13. The summed E-state index contributed by atoms with van der Waals surface area (Å²) in [4.78, 5) is 46.1. The normalized spacial score (nSPS) is 13.6. The fourth-order valence-corrected chi connectivity index (χ4v) is 3.03. The molecular weight excluding hydrogens is 428 g/mol. The van der Waals surface area contributed by atoms with Crippen LogP contribution in [0.1, 0.15) is 77.6 Å². The van der Waals surface area contributed by atoms with E-state index in [4.69, 9.17) is 22.3 Å². The van der Waals surface area contributed by atoms with Gasteiger partial charge in [-0.1, -0.05) is 19.8 Å². The molecule has 0 spiro atoms. The average Bonchev–Trinajstić information content (AvgIpc) is 2.78. The second-order valence-electron chi connectivity index (χ2n) is 8.33. The van der Waals surface area contributed by atoms with E-state index in [1.807, 2.05) is 0 Å². The monoisotopic (exact) mass is 472 g/mol. The molecule has 0 saturated heterocycles. The van der Waals surface area contributed by atoms with Crippen LogP contribution in [0.3, 0.4) is 0 Å². The quantitative estimate of drug-likeness (QED) is 0.117. The van der Waals surface area contributed by atoms with Gasteiger partial charge in [0, 0.05) is 26.1 Å². The van der Waals surface area contributed by atoms with Crippen LogP contribution in [0.4, 0.5) is 0 Å². The topological polar surface area (TPSA) is 203 Å². The van der Waals surface area contributed by atoms with Crippen LogP contribution in [0.5, 0.6) is 0 Å². The van der Waals surface area contributed by atoms with E-state index in [1.54, 1.807) is 0 Å². The molecule has 0 radical (unpaired) electrons. The van der Waals surface area contributed by atoms with Crippen molar-refractivity contribution in [2.75, 3.05) is 19.6 Å². The lowest BCUT2D eigenvalue weighted by Crippen LogP contribution is -2.42. The Hall–Kier alpha value is -2.24. The highest BCUT2D eigenvalue weighted by Gasteiger charge is 2.15. The van der Waals surface area contributed by atoms with Gasteiger partial charge in [-0.05, 0) is 51.4 Å². The van der Waals surface area contributed by atoms with Crippen molar-refractivity contribution < 1.29 is 24.3 Å². The van der Waals surface area contributed by atoms with E-state index < -0.39 is 24.1 Å². The fourth-order valence-electron chi connectivity index (χ4n) is 3.03. The van der Waals surface area contributed by atoms with Crippen molar-refractivity contribution in [2.45, 2.75) is 95.7 Å². The molecule has 0 rings (SSSR count). The molecule has 3 amide bonds. The number of unbranched alkanes of at least 4 members (excludes halogenated alkanes) is 4. The lowest BCUT2D eigenvalue weighted by atomic mass is 10.1. The van der Waals surface area contributed by atoms with Crippen molar-refractivity contribution in [3.05, 3.63) is 0 Å². The molecule has 0 unspecified atom stereocenters. The Morgan fingerprint density at radius 1 is 0.667 bits per heavy atom. The molecule has 0 fully saturated rings. The van der Waals surface area contributed by atoms with Crippen molar-refractivity contribution >= 4 is 23.7 Å². The molecular formula is C22H44N6O5. The summed E-state index contributed by atoms with van der Waals surface area (Å²) in [5, 5.41) is 17.0. The Morgan fingerprint density at radius 3 is 1.58 bits per heavy atom. The van der Waals surface area contributed by atoms with Gasteiger partial charge in [0.05, 0.1) is 12.1 Å². The van der Waals surface area contributed by atoms with Crippen molar-refractivity contribution in [2.24, 2.45) is 17.2 Å². The number of aliphatic carboxylic acids is 1. The molecule has 192 valence electrons. The number of carboxylic acids is 1. The summed E-state index contributed by atoms with van der Waals surface area (Å²) in [5.74, 6) is -1.72. The van der Waals surface area contributed by atoms with E-state index in [0.29, 0.717) is 51.7 Å². The van der Waals surface area contributed by atoms with Gasteiger partial charge < -0.3 is 38.3 Å². The number of carbonyl (C=O) groups is 4. The van der Waals surface area contributed by atoms with Gasteiger partial charge in [0.15, 0.2) is 0 Å². The highest BCUT2D eigenvalue weighted by atomic mass is 16.4. The first-order valence-electron chi connectivity index (χ1n) is 12.0. The molecule has 11 heteroatoms. The largest absolute Gasteiger partial charge is 0.480 e. The highest BCUT2D eigenvalue weighted by Crippen LogP contribution is 2.02. The van der Waals surface area contributed by atoms with Crippen LogP contribution >= 0.6 is 0 Å². The SMILES string of the molecule is CCCCCNC(=O)[C@@H](N)CCCCNC(=O)[C@@H](N)CCCCNC(=O)CC[C@H](N)C(=O)O. The van der Waals surface area contributed by atoms with Gasteiger partial charge in [0.2, 0.25) is 17.7 Å². The summed E-state index contributed by atoms with van der Waals surface area (Å²) in [7, 11) is 0. The number of hydrogen-bond donors (Lipinski definition) is 7. The third-order valence-electron chi connectivity index (χ3n) is 5.26. The summed E-state index contributed by atoms with van der Waals surface area (Å²) < 4.78 is 0. The molecule has 0 heterocycles. The van der Waals surface area contributed by atoms with Crippen LogP contribution in [0, 0.1) is 0 Å². The first-order chi connectivity index (χ1) is 15.7. The maximum absolute atomic E-state index is 12.0. The molecule has 0 aliphatic carbocycles. The minimum absolute atomic E-state index is 0.0594. The smallest absolute Gasteiger partial charge is 0.320 e. The van der Waals surface area contributed by atoms with E-state index in [9.17, 15) is 19.2 Å². The summed E-state index contributed by atoms with van der Waals surface area (Å²) in [6.07, 6.45) is 7.13. The van der Waals surface area contributed by atoms with Gasteiger partial charge in [-0.2, -0.15) is 0 Å². The number of amides is 3. The second kappa shape index (κ2) is 19.2. The maximum atomic E-state index is 12.0. The summed E-state index contributed by atoms with van der Waals surface area (Å²) >= 11 is 0. The van der Waals surface area contributed by atoms with Crippen LogP contribution < -0.4 is 33.2 Å². The van der Waals surface area contributed by atoms with E-state index in [1.165, 1.54) is 0 Å². The molecule has 11 nitrogen and oxygen atoms in total. The average molecular weight is 473 g/mol. The first-order valence-corrected chi connectivity index (χ1v) is 12.0. The van der Waals surface area contributed by atoms with Gasteiger partial charge in [0.25, 0.3) is 0 Å². The maximum Gasteiger partial charge on any atom is 0.320 e. The third-order valence-corrected chi connectivity index (χ3v) is 5.26. The summed E-state index contributed by atoms with van der Waals surface area (Å²) in [6.45, 7) is 3.67. The Balaban J connectivity index is 3.72. The predicted octanol–water partition coefficient (Wildman–Crippen LogP) is -0.287. The molecule has 0 saturated carbocycles. The van der Waals surface area contributed by atoms with Gasteiger partial charge in [-0.25, -0.2) is 0 Å². The fraction of sp³-hybridized carbons (Fsp3) is 0.818. The highest BCUT2D eigenvalue weighted by molar-refractivity contribution is 5.82. The zero-order chi connectivity index (χ0) is 25.1. The Kier molecular flexibility index (Phi) is 17.9. The first kappa shape index (κ1) is 30.8. The van der Waals surface area contributed by atoms with Crippen LogP contribution in [0.2, 0.25) is 0 Å². The van der Waals surface area contributed by atoms with Crippen molar-refractivity contribution in [1.82, 2.24) is 16.0 Å². The van der Waals surface area contributed by atoms with Crippen molar-refractivity contribution in [3.8, 4) is 0 Å². The number of nitrogens with one attached hydrogen (secondary N) is 3. The lowest BCUT2D eigenvalue weighted by molar-refractivity contribution is -0.138. The van der Waals surface area contributed by atoms with Crippen molar-refractivity contribution in [3.63, 3.8) is 0 Å². The Bertz CT molecular complexity index is 590. The van der Waals surface area contributed by atoms with Crippen LogP contribution in [-0.2, 0) is 19.2 Å². The summed E-state index contributed by atoms with van der Waals surface area (Å²) in [5.41, 5.74) is 17.1. The third kappa shape index (κ3) is 17.0. The number of rotatable bonds is 20. The Morgan fingerprint density at radius 2 is 1.12 bits per heavy atom. The van der Waals surface area contributed by atoms with Crippen LogP contribution in [0.25, 0.3) is 0 Å². The standard InChI is InChI=1S/C22H44N6O5/c1-2-3-6-14-27-20(30)17(24)10-5-8-15-28-21(31)16(23)9-4-7-13-26-19(29)12-11-18(25)22(32)33/h16-18H,2-15,23-25H2,1H3,(H,26,29)(H,27,30)(H,28,31)(H,32,33)/t16-,17-,18-/m0/s1. The molecule has 0 aliphatic rings. The molecule has 10 N–H and O–H groups in total.